The maximum Gasteiger partial charge on any atom is 0.312 e. The molecule has 0 atom stereocenters. The SMILES string of the molecule is NC(=O)NC1(C2CC2)CC1. The van der Waals surface area contributed by atoms with E-state index in [-0.39, 0.29) is 11.6 Å². The molecule has 2 rings (SSSR count). The van der Waals surface area contributed by atoms with E-state index in [1.54, 1.807) is 0 Å². The largest absolute Gasteiger partial charge is 0.352 e. The first-order valence-corrected chi connectivity index (χ1v) is 3.81. The molecule has 0 radical (unpaired) electrons. The second-order valence-corrected chi connectivity index (χ2v) is 3.42. The molecule has 0 heterocycles. The van der Waals surface area contributed by atoms with E-state index in [0.29, 0.717) is 0 Å². The summed E-state index contributed by atoms with van der Waals surface area (Å²) in [6.45, 7) is 0. The summed E-state index contributed by atoms with van der Waals surface area (Å²) in [6.07, 6.45) is 4.84. The Balaban J connectivity index is 1.94. The zero-order chi connectivity index (χ0) is 7.19. The molecule has 0 bridgehead atoms. The van der Waals surface area contributed by atoms with Crippen LogP contribution in [0.4, 0.5) is 4.79 Å². The summed E-state index contributed by atoms with van der Waals surface area (Å²) in [5.41, 5.74) is 5.19. The molecule has 2 saturated carbocycles. The van der Waals surface area contributed by atoms with Crippen molar-refractivity contribution in [3.8, 4) is 0 Å². The molecule has 3 N–H and O–H groups in total. The molecule has 0 aromatic heterocycles. The summed E-state index contributed by atoms with van der Waals surface area (Å²) in [6, 6.07) is -0.357. The van der Waals surface area contributed by atoms with Crippen LogP contribution in [-0.2, 0) is 0 Å². The molecule has 2 amide bonds. The van der Waals surface area contributed by atoms with E-state index >= 15 is 0 Å². The van der Waals surface area contributed by atoms with Gasteiger partial charge in [-0.05, 0) is 31.6 Å². The Morgan fingerprint density at radius 3 is 2.40 bits per heavy atom. The molecular weight excluding hydrogens is 128 g/mol. The first-order valence-electron chi connectivity index (χ1n) is 3.81. The molecule has 0 unspecified atom stereocenters. The summed E-state index contributed by atoms with van der Waals surface area (Å²) >= 11 is 0. The monoisotopic (exact) mass is 140 g/mol. The number of amides is 2. The lowest BCUT2D eigenvalue weighted by Crippen LogP contribution is -2.41. The van der Waals surface area contributed by atoms with E-state index in [0.717, 1.165) is 18.8 Å². The van der Waals surface area contributed by atoms with E-state index in [1.165, 1.54) is 12.8 Å². The second-order valence-electron chi connectivity index (χ2n) is 3.42. The van der Waals surface area contributed by atoms with Gasteiger partial charge in [-0.3, -0.25) is 0 Å². The quantitative estimate of drug-likeness (QED) is 0.579. The minimum absolute atomic E-state index is 0.159. The number of carbonyl (C=O) groups excluding carboxylic acids is 1. The lowest BCUT2D eigenvalue weighted by Gasteiger charge is -2.13. The Morgan fingerprint density at radius 2 is 2.10 bits per heavy atom. The van der Waals surface area contributed by atoms with Crippen LogP contribution in [-0.4, -0.2) is 11.6 Å². The van der Waals surface area contributed by atoms with Gasteiger partial charge in [-0.15, -0.1) is 0 Å². The van der Waals surface area contributed by atoms with Crippen molar-refractivity contribution >= 4 is 6.03 Å². The number of hydrogen-bond donors (Lipinski definition) is 2. The fraction of sp³-hybridized carbons (Fsp3) is 0.857. The highest BCUT2D eigenvalue weighted by molar-refractivity contribution is 5.73. The minimum atomic E-state index is -0.357. The zero-order valence-corrected chi connectivity index (χ0v) is 5.89. The summed E-state index contributed by atoms with van der Waals surface area (Å²) in [7, 11) is 0. The molecule has 0 saturated heterocycles. The van der Waals surface area contributed by atoms with Crippen LogP contribution in [0, 0.1) is 5.92 Å². The van der Waals surface area contributed by atoms with E-state index in [9.17, 15) is 4.79 Å². The van der Waals surface area contributed by atoms with Gasteiger partial charge in [-0.2, -0.15) is 0 Å². The van der Waals surface area contributed by atoms with Gasteiger partial charge in [0.05, 0.1) is 0 Å². The molecule has 2 aliphatic carbocycles. The van der Waals surface area contributed by atoms with Crippen molar-refractivity contribution in [1.29, 1.82) is 0 Å². The van der Waals surface area contributed by atoms with Crippen LogP contribution in [0.25, 0.3) is 0 Å². The molecule has 0 aliphatic heterocycles. The lowest BCUT2D eigenvalue weighted by atomic mass is 10.1. The van der Waals surface area contributed by atoms with Gasteiger partial charge in [0, 0.05) is 5.54 Å². The highest BCUT2D eigenvalue weighted by atomic mass is 16.2. The summed E-state index contributed by atoms with van der Waals surface area (Å²) in [5.74, 6) is 0.750. The Labute approximate surface area is 60.0 Å². The van der Waals surface area contributed by atoms with Crippen molar-refractivity contribution in [2.45, 2.75) is 31.2 Å². The third-order valence-electron chi connectivity index (χ3n) is 2.52. The third kappa shape index (κ3) is 0.856. The van der Waals surface area contributed by atoms with Gasteiger partial charge >= 0.3 is 6.03 Å². The van der Waals surface area contributed by atoms with Crippen molar-refractivity contribution < 1.29 is 4.79 Å². The van der Waals surface area contributed by atoms with Crippen molar-refractivity contribution in [2.24, 2.45) is 11.7 Å². The number of primary amides is 1. The highest BCUT2D eigenvalue weighted by Crippen LogP contribution is 2.53. The fourth-order valence-electron chi connectivity index (χ4n) is 1.65. The van der Waals surface area contributed by atoms with E-state index in [1.807, 2.05) is 0 Å². The first-order chi connectivity index (χ1) is 4.73. The second kappa shape index (κ2) is 1.65. The molecule has 2 fully saturated rings. The molecule has 0 spiro atoms. The topological polar surface area (TPSA) is 55.1 Å². The van der Waals surface area contributed by atoms with Crippen molar-refractivity contribution in [1.82, 2.24) is 5.32 Å². The average Bonchev–Trinajstić information content (AvgIpc) is 2.55. The summed E-state index contributed by atoms with van der Waals surface area (Å²) in [4.78, 5) is 10.5. The minimum Gasteiger partial charge on any atom is -0.352 e. The first kappa shape index (κ1) is 6.01. The van der Waals surface area contributed by atoms with Crippen LogP contribution in [0.1, 0.15) is 25.7 Å². The predicted molar refractivity (Wildman–Crippen MR) is 37.4 cm³/mol. The molecule has 0 aromatic carbocycles. The maximum atomic E-state index is 10.5. The average molecular weight is 140 g/mol. The lowest BCUT2D eigenvalue weighted by molar-refractivity contribution is 0.242. The number of nitrogens with two attached hydrogens (primary N) is 1. The Morgan fingerprint density at radius 1 is 1.50 bits per heavy atom. The zero-order valence-electron chi connectivity index (χ0n) is 5.89. The van der Waals surface area contributed by atoms with E-state index in [4.69, 9.17) is 5.73 Å². The van der Waals surface area contributed by atoms with Gasteiger partial charge in [0.1, 0.15) is 0 Å². The van der Waals surface area contributed by atoms with Crippen LogP contribution < -0.4 is 11.1 Å². The maximum absolute atomic E-state index is 10.5. The van der Waals surface area contributed by atoms with Crippen molar-refractivity contribution in [3.63, 3.8) is 0 Å². The van der Waals surface area contributed by atoms with Gasteiger partial charge in [0.25, 0.3) is 0 Å². The Kier molecular flexibility index (Phi) is 0.993. The predicted octanol–water partition coefficient (Wildman–Crippen LogP) is 0.597. The number of urea groups is 1. The van der Waals surface area contributed by atoms with E-state index in [2.05, 4.69) is 5.32 Å². The van der Waals surface area contributed by atoms with Crippen LogP contribution in [0.2, 0.25) is 0 Å². The van der Waals surface area contributed by atoms with Crippen molar-refractivity contribution in [3.05, 3.63) is 0 Å². The smallest absolute Gasteiger partial charge is 0.312 e. The Hall–Kier alpha value is -0.730. The van der Waals surface area contributed by atoms with Gasteiger partial charge in [-0.1, -0.05) is 0 Å². The molecule has 10 heavy (non-hydrogen) atoms. The molecule has 56 valence electrons. The van der Waals surface area contributed by atoms with Gasteiger partial charge in [-0.25, -0.2) is 4.79 Å². The summed E-state index contributed by atoms with van der Waals surface area (Å²) < 4.78 is 0. The van der Waals surface area contributed by atoms with Gasteiger partial charge < -0.3 is 11.1 Å². The molecular formula is C7H12N2O. The fourth-order valence-corrected chi connectivity index (χ4v) is 1.65. The van der Waals surface area contributed by atoms with Crippen LogP contribution in [0.15, 0.2) is 0 Å². The number of hydrogen-bond acceptors (Lipinski definition) is 1. The number of nitrogens with one attached hydrogen (secondary N) is 1. The third-order valence-corrected chi connectivity index (χ3v) is 2.52. The molecule has 3 heteroatoms. The standard InChI is InChI=1S/C7H12N2O/c8-6(10)9-7(3-4-7)5-1-2-5/h5H,1-4H2,(H3,8,9,10). The molecule has 0 aromatic rings. The van der Waals surface area contributed by atoms with Crippen LogP contribution in [0.5, 0.6) is 0 Å². The van der Waals surface area contributed by atoms with Gasteiger partial charge in [0.2, 0.25) is 0 Å². The summed E-state index contributed by atoms with van der Waals surface area (Å²) in [5, 5.41) is 2.83. The highest BCUT2D eigenvalue weighted by Gasteiger charge is 2.54. The number of rotatable bonds is 2. The van der Waals surface area contributed by atoms with Crippen LogP contribution >= 0.6 is 0 Å². The molecule has 3 nitrogen and oxygen atoms in total. The Bertz CT molecular complexity index is 170. The number of carbonyl (C=O) groups is 1. The van der Waals surface area contributed by atoms with Crippen molar-refractivity contribution in [2.75, 3.05) is 0 Å². The van der Waals surface area contributed by atoms with Crippen LogP contribution in [0.3, 0.4) is 0 Å². The molecule has 2 aliphatic rings. The van der Waals surface area contributed by atoms with E-state index < -0.39 is 0 Å². The van der Waals surface area contributed by atoms with Gasteiger partial charge in [0.15, 0.2) is 0 Å². The normalized spacial score (nSPS) is 27.6.